The molecule has 8 heteroatoms. The van der Waals surface area contributed by atoms with Gasteiger partial charge in [-0.1, -0.05) is 17.3 Å². The normalized spacial score (nSPS) is 17.3. The minimum Gasteiger partial charge on any atom is -0.361 e. The number of aryl methyl sites for hydroxylation is 2. The summed E-state index contributed by atoms with van der Waals surface area (Å²) >= 11 is 0. The van der Waals surface area contributed by atoms with Gasteiger partial charge in [-0.3, -0.25) is 4.90 Å². The Morgan fingerprint density at radius 2 is 1.85 bits per heavy atom. The van der Waals surface area contributed by atoms with E-state index in [0.29, 0.717) is 31.7 Å². The van der Waals surface area contributed by atoms with Crippen molar-refractivity contribution < 1.29 is 17.3 Å². The number of hydrogen-bond acceptors (Lipinski definition) is 5. The van der Waals surface area contributed by atoms with Gasteiger partial charge in [0.2, 0.25) is 10.0 Å². The maximum atomic E-state index is 13.0. The Bertz CT molecular complexity index is 830. The Morgan fingerprint density at radius 3 is 2.50 bits per heavy atom. The van der Waals surface area contributed by atoms with Crippen LogP contribution in [0.3, 0.4) is 0 Å². The molecular weight excluding hydrogens is 357 g/mol. The van der Waals surface area contributed by atoms with Gasteiger partial charge in [-0.15, -0.1) is 0 Å². The highest BCUT2D eigenvalue weighted by Crippen LogP contribution is 2.18. The van der Waals surface area contributed by atoms with Crippen LogP contribution in [0.2, 0.25) is 0 Å². The minimum absolute atomic E-state index is 0.100. The molecule has 0 unspecified atom stereocenters. The zero-order valence-electron chi connectivity index (χ0n) is 15.1. The van der Waals surface area contributed by atoms with Gasteiger partial charge >= 0.3 is 0 Å². The van der Waals surface area contributed by atoms with Crippen molar-refractivity contribution in [3.63, 3.8) is 0 Å². The Morgan fingerprint density at radius 1 is 1.12 bits per heavy atom. The van der Waals surface area contributed by atoms with E-state index in [1.54, 1.807) is 4.31 Å². The zero-order chi connectivity index (χ0) is 18.7. The molecule has 0 saturated carbocycles. The third-order valence-corrected chi connectivity index (χ3v) is 6.62. The number of rotatable bonds is 5. The Kier molecular flexibility index (Phi) is 5.74. The third-order valence-electron chi connectivity index (χ3n) is 4.77. The molecule has 6 nitrogen and oxygen atoms in total. The van der Waals surface area contributed by atoms with Gasteiger partial charge < -0.3 is 4.52 Å². The fraction of sp³-hybridized carbons (Fsp3) is 0.500. The summed E-state index contributed by atoms with van der Waals surface area (Å²) in [7, 11) is -3.42. The smallest absolute Gasteiger partial charge is 0.218 e. The fourth-order valence-electron chi connectivity index (χ4n) is 3.22. The highest BCUT2D eigenvalue weighted by molar-refractivity contribution is 7.88. The van der Waals surface area contributed by atoms with Crippen LogP contribution in [0.25, 0.3) is 0 Å². The molecule has 1 aliphatic rings. The van der Waals surface area contributed by atoms with E-state index < -0.39 is 10.0 Å². The third kappa shape index (κ3) is 4.49. The molecule has 2 aromatic rings. The first-order chi connectivity index (χ1) is 12.3. The number of halogens is 1. The van der Waals surface area contributed by atoms with E-state index in [9.17, 15) is 12.8 Å². The van der Waals surface area contributed by atoms with E-state index in [2.05, 4.69) is 10.1 Å². The molecule has 2 heterocycles. The lowest BCUT2D eigenvalue weighted by Crippen LogP contribution is -2.35. The van der Waals surface area contributed by atoms with Crippen molar-refractivity contribution in [1.82, 2.24) is 14.4 Å². The summed E-state index contributed by atoms with van der Waals surface area (Å²) in [5.74, 6) is 0.348. The van der Waals surface area contributed by atoms with Crippen LogP contribution in [0.4, 0.5) is 4.39 Å². The molecule has 26 heavy (non-hydrogen) atoms. The zero-order valence-corrected chi connectivity index (χ0v) is 15.9. The van der Waals surface area contributed by atoms with Crippen molar-refractivity contribution in [3.05, 3.63) is 52.7 Å². The quantitative estimate of drug-likeness (QED) is 0.796. The minimum atomic E-state index is -3.42. The number of sulfonamides is 1. The molecule has 0 atom stereocenters. The van der Waals surface area contributed by atoms with Crippen LogP contribution in [-0.2, 0) is 22.3 Å². The first-order valence-corrected chi connectivity index (χ1v) is 10.3. The molecule has 1 fully saturated rings. The predicted octanol–water partition coefficient (Wildman–Crippen LogP) is 2.47. The highest BCUT2D eigenvalue weighted by Gasteiger charge is 2.26. The van der Waals surface area contributed by atoms with Crippen LogP contribution >= 0.6 is 0 Å². The lowest BCUT2D eigenvalue weighted by atomic mass is 10.2. The van der Waals surface area contributed by atoms with E-state index in [4.69, 9.17) is 4.52 Å². The molecule has 0 radical (unpaired) electrons. The second-order valence-electron chi connectivity index (χ2n) is 6.71. The molecule has 142 valence electrons. The average Bonchev–Trinajstić information content (AvgIpc) is 2.79. The lowest BCUT2D eigenvalue weighted by Gasteiger charge is -2.21. The van der Waals surface area contributed by atoms with Crippen molar-refractivity contribution in [3.8, 4) is 0 Å². The average molecular weight is 381 g/mol. The van der Waals surface area contributed by atoms with Crippen LogP contribution < -0.4 is 0 Å². The van der Waals surface area contributed by atoms with Crippen molar-refractivity contribution in [2.45, 2.75) is 32.6 Å². The Hall–Kier alpha value is -1.77. The summed E-state index contributed by atoms with van der Waals surface area (Å²) < 4.78 is 45.2. The second-order valence-corrected chi connectivity index (χ2v) is 8.68. The summed E-state index contributed by atoms with van der Waals surface area (Å²) in [6, 6.07) is 5.63. The van der Waals surface area contributed by atoms with Gasteiger partial charge in [-0.05, 0) is 44.5 Å². The summed E-state index contributed by atoms with van der Waals surface area (Å²) in [6.07, 6.45) is 0.770. The first kappa shape index (κ1) is 19.0. The number of aromatic nitrogens is 1. The van der Waals surface area contributed by atoms with Gasteiger partial charge in [0.05, 0.1) is 11.4 Å². The highest BCUT2D eigenvalue weighted by atomic mass is 32.2. The van der Waals surface area contributed by atoms with Crippen LogP contribution in [-0.4, -0.2) is 49.0 Å². The molecule has 0 amide bonds. The first-order valence-electron chi connectivity index (χ1n) is 8.71. The summed E-state index contributed by atoms with van der Waals surface area (Å²) in [6.45, 7) is 6.97. The van der Waals surface area contributed by atoms with Crippen LogP contribution in [0.1, 0.15) is 29.0 Å². The number of benzene rings is 1. The Labute approximate surface area is 153 Å². The van der Waals surface area contributed by atoms with Gasteiger partial charge in [-0.2, -0.15) is 0 Å². The second kappa shape index (κ2) is 7.85. The molecule has 1 aromatic heterocycles. The molecular formula is C18H24FN3O3S. The molecule has 0 spiro atoms. The van der Waals surface area contributed by atoms with E-state index >= 15 is 0 Å². The van der Waals surface area contributed by atoms with E-state index in [-0.39, 0.29) is 11.6 Å². The SMILES string of the molecule is Cc1noc(C)c1CN1CCCN(S(=O)(=O)Cc2ccc(F)cc2)CC1. The molecule has 0 aliphatic carbocycles. The standard InChI is InChI=1S/C18H24FN3O3S/c1-14-18(15(2)25-20-14)12-21-8-3-9-22(11-10-21)26(23,24)13-16-4-6-17(19)7-5-16/h4-7H,3,8-13H2,1-2H3. The number of hydrogen-bond donors (Lipinski definition) is 0. The Balaban J connectivity index is 1.63. The monoisotopic (exact) mass is 381 g/mol. The van der Waals surface area contributed by atoms with Crippen LogP contribution in [0.15, 0.2) is 28.8 Å². The largest absolute Gasteiger partial charge is 0.361 e. The van der Waals surface area contributed by atoms with E-state index in [1.807, 2.05) is 13.8 Å². The number of nitrogens with zero attached hydrogens (tertiary/aromatic N) is 3. The van der Waals surface area contributed by atoms with Gasteiger partial charge in [0, 0.05) is 31.7 Å². The van der Waals surface area contributed by atoms with Crippen molar-refractivity contribution in [1.29, 1.82) is 0 Å². The van der Waals surface area contributed by atoms with Gasteiger partial charge in [-0.25, -0.2) is 17.1 Å². The summed E-state index contributed by atoms with van der Waals surface area (Å²) in [5.41, 5.74) is 2.56. The molecule has 1 aromatic carbocycles. The molecule has 3 rings (SSSR count). The van der Waals surface area contributed by atoms with Crippen molar-refractivity contribution in [2.24, 2.45) is 0 Å². The topological polar surface area (TPSA) is 66.7 Å². The van der Waals surface area contributed by atoms with Gasteiger partial charge in [0.25, 0.3) is 0 Å². The maximum absolute atomic E-state index is 13.0. The van der Waals surface area contributed by atoms with E-state index in [1.165, 1.54) is 24.3 Å². The van der Waals surface area contributed by atoms with Crippen molar-refractivity contribution in [2.75, 3.05) is 26.2 Å². The van der Waals surface area contributed by atoms with Crippen LogP contribution in [0.5, 0.6) is 0 Å². The van der Waals surface area contributed by atoms with Crippen LogP contribution in [0, 0.1) is 19.7 Å². The van der Waals surface area contributed by atoms with E-state index in [0.717, 1.165) is 30.0 Å². The maximum Gasteiger partial charge on any atom is 0.218 e. The molecule has 0 N–H and O–H groups in total. The molecule has 0 bridgehead atoms. The lowest BCUT2D eigenvalue weighted by molar-refractivity contribution is 0.276. The predicted molar refractivity (Wildman–Crippen MR) is 96.5 cm³/mol. The summed E-state index contributed by atoms with van der Waals surface area (Å²) in [5, 5.41) is 3.98. The summed E-state index contributed by atoms with van der Waals surface area (Å²) in [4.78, 5) is 2.24. The van der Waals surface area contributed by atoms with Gasteiger partial charge in [0.15, 0.2) is 0 Å². The van der Waals surface area contributed by atoms with Gasteiger partial charge in [0.1, 0.15) is 11.6 Å². The fourth-order valence-corrected chi connectivity index (χ4v) is 4.78. The molecule has 1 aliphatic heterocycles. The van der Waals surface area contributed by atoms with Crippen molar-refractivity contribution >= 4 is 10.0 Å². The molecule has 1 saturated heterocycles.